The quantitative estimate of drug-likeness (QED) is 0.479. The maximum absolute atomic E-state index is 10.8. The number of rotatable bonds is 8. The molecule has 3 N–H and O–H groups in total. The molecule has 0 saturated heterocycles. The molecule has 0 radical (unpaired) electrons. The van der Waals surface area contributed by atoms with Gasteiger partial charge in [0.25, 0.3) is 0 Å². The average Bonchev–Trinajstić information content (AvgIpc) is 3.36. The van der Waals surface area contributed by atoms with Crippen LogP contribution in [0.1, 0.15) is 50.4 Å². The summed E-state index contributed by atoms with van der Waals surface area (Å²) in [7, 11) is 1.84. The van der Waals surface area contributed by atoms with Crippen LogP contribution in [-0.2, 0) is 19.1 Å². The van der Waals surface area contributed by atoms with E-state index in [4.69, 9.17) is 4.42 Å². The molecule has 1 aliphatic carbocycles. The summed E-state index contributed by atoms with van der Waals surface area (Å²) in [6.45, 7) is 3.68. The van der Waals surface area contributed by atoms with Crippen molar-refractivity contribution in [3.63, 3.8) is 0 Å². The Bertz CT molecular complexity index is 730. The van der Waals surface area contributed by atoms with Gasteiger partial charge in [-0.2, -0.15) is 5.10 Å². The van der Waals surface area contributed by atoms with Gasteiger partial charge in [0, 0.05) is 38.3 Å². The monoisotopic (exact) mass is 387 g/mol. The van der Waals surface area contributed by atoms with Gasteiger partial charge in [-0.15, -0.1) is 0 Å². The normalized spacial score (nSPS) is 18.0. The lowest BCUT2D eigenvalue weighted by Gasteiger charge is -2.24. The number of aromatic nitrogens is 2. The van der Waals surface area contributed by atoms with Gasteiger partial charge in [-0.25, -0.2) is 4.99 Å². The lowest BCUT2D eigenvalue weighted by Crippen LogP contribution is -2.42. The van der Waals surface area contributed by atoms with Crippen LogP contribution >= 0.6 is 0 Å². The molecule has 1 saturated carbocycles. The molecular weight excluding hydrogens is 354 g/mol. The first kappa shape index (κ1) is 20.5. The van der Waals surface area contributed by atoms with Crippen LogP contribution in [0, 0.1) is 5.92 Å². The highest BCUT2D eigenvalue weighted by atomic mass is 16.3. The predicted octanol–water partition coefficient (Wildman–Crippen LogP) is 2.58. The van der Waals surface area contributed by atoms with Gasteiger partial charge in [0.15, 0.2) is 5.96 Å². The van der Waals surface area contributed by atoms with Crippen molar-refractivity contribution in [2.75, 3.05) is 19.6 Å². The fraction of sp³-hybridized carbons (Fsp3) is 0.619. The second kappa shape index (κ2) is 9.78. The molecule has 154 valence electrons. The lowest BCUT2D eigenvalue weighted by molar-refractivity contribution is 0.0671. The number of aryl methyl sites for hydroxylation is 1. The molecule has 1 aliphatic rings. The Balaban J connectivity index is 1.58. The van der Waals surface area contributed by atoms with Crippen LogP contribution in [0.2, 0.25) is 0 Å². The number of hydrogen-bond acceptors (Lipinski definition) is 4. The first-order chi connectivity index (χ1) is 13.5. The van der Waals surface area contributed by atoms with E-state index in [-0.39, 0.29) is 6.54 Å². The van der Waals surface area contributed by atoms with E-state index >= 15 is 0 Å². The van der Waals surface area contributed by atoms with Crippen molar-refractivity contribution in [1.29, 1.82) is 0 Å². The Morgan fingerprint density at radius 2 is 2.18 bits per heavy atom. The molecule has 0 amide bonds. The number of guanidine groups is 1. The molecule has 2 aromatic heterocycles. The largest absolute Gasteiger partial charge is 0.469 e. The van der Waals surface area contributed by atoms with Crippen molar-refractivity contribution in [2.24, 2.45) is 18.0 Å². The molecule has 1 atom stereocenters. The Morgan fingerprint density at radius 3 is 2.86 bits per heavy atom. The van der Waals surface area contributed by atoms with E-state index in [0.717, 1.165) is 36.8 Å². The molecule has 28 heavy (non-hydrogen) atoms. The summed E-state index contributed by atoms with van der Waals surface area (Å²) in [5, 5.41) is 21.8. The highest BCUT2D eigenvalue weighted by Gasteiger charge is 2.24. The summed E-state index contributed by atoms with van der Waals surface area (Å²) >= 11 is 0. The van der Waals surface area contributed by atoms with Crippen molar-refractivity contribution in [3.8, 4) is 0 Å². The van der Waals surface area contributed by atoms with E-state index < -0.39 is 5.60 Å². The molecule has 2 heterocycles. The van der Waals surface area contributed by atoms with Crippen molar-refractivity contribution in [2.45, 2.75) is 51.0 Å². The minimum atomic E-state index is -1.06. The summed E-state index contributed by atoms with van der Waals surface area (Å²) in [5.74, 6) is 2.38. The smallest absolute Gasteiger partial charge is 0.191 e. The molecule has 7 heteroatoms. The lowest BCUT2D eigenvalue weighted by atomic mass is 9.89. The molecular formula is C21H33N5O2. The molecule has 0 aliphatic heterocycles. The van der Waals surface area contributed by atoms with E-state index in [2.05, 4.69) is 20.7 Å². The van der Waals surface area contributed by atoms with Crippen LogP contribution in [0.4, 0.5) is 0 Å². The minimum absolute atomic E-state index is 0.263. The van der Waals surface area contributed by atoms with E-state index in [9.17, 15) is 5.11 Å². The minimum Gasteiger partial charge on any atom is -0.469 e. The zero-order valence-electron chi connectivity index (χ0n) is 17.0. The van der Waals surface area contributed by atoms with Crippen molar-refractivity contribution in [3.05, 3.63) is 42.1 Å². The number of nitrogens with zero attached hydrogens (tertiary/aromatic N) is 3. The van der Waals surface area contributed by atoms with Crippen LogP contribution in [0.5, 0.6) is 0 Å². The highest BCUT2D eigenvalue weighted by molar-refractivity contribution is 5.79. The zero-order valence-corrected chi connectivity index (χ0v) is 17.0. The molecule has 1 unspecified atom stereocenters. The van der Waals surface area contributed by atoms with Crippen LogP contribution in [0.15, 0.2) is 40.2 Å². The first-order valence-electron chi connectivity index (χ1n) is 10.3. The van der Waals surface area contributed by atoms with E-state index in [1.807, 2.05) is 25.4 Å². The molecule has 0 aromatic carbocycles. The second-order valence-electron chi connectivity index (χ2n) is 7.98. The van der Waals surface area contributed by atoms with Gasteiger partial charge in [0.1, 0.15) is 11.4 Å². The van der Waals surface area contributed by atoms with Crippen LogP contribution < -0.4 is 10.6 Å². The van der Waals surface area contributed by atoms with Crippen molar-refractivity contribution >= 4 is 5.96 Å². The third-order valence-corrected chi connectivity index (χ3v) is 5.40. The zero-order chi connectivity index (χ0) is 19.8. The van der Waals surface area contributed by atoms with Crippen LogP contribution in [0.3, 0.4) is 0 Å². The summed E-state index contributed by atoms with van der Waals surface area (Å²) < 4.78 is 7.09. The third-order valence-electron chi connectivity index (χ3n) is 5.40. The third kappa shape index (κ3) is 6.12. The first-order valence-corrected chi connectivity index (χ1v) is 10.3. The van der Waals surface area contributed by atoms with Gasteiger partial charge in [-0.1, -0.05) is 19.3 Å². The SMILES string of the molecule is Cn1cc(C(C)(O)CN=C(NCCc2ccco2)NCC2CCCCC2)cn1. The second-order valence-corrected chi connectivity index (χ2v) is 7.98. The maximum atomic E-state index is 10.8. The van der Waals surface area contributed by atoms with Gasteiger partial charge in [0.2, 0.25) is 0 Å². The van der Waals surface area contributed by atoms with Crippen molar-refractivity contribution < 1.29 is 9.52 Å². The Labute approximate surface area is 167 Å². The molecule has 7 nitrogen and oxygen atoms in total. The summed E-state index contributed by atoms with van der Waals surface area (Å²) in [4.78, 5) is 4.66. The molecule has 0 bridgehead atoms. The average molecular weight is 388 g/mol. The van der Waals surface area contributed by atoms with Gasteiger partial charge in [0.05, 0.1) is 19.0 Å². The Hall–Kier alpha value is -2.28. The van der Waals surface area contributed by atoms with Gasteiger partial charge in [-0.05, 0) is 37.8 Å². The maximum Gasteiger partial charge on any atom is 0.191 e. The molecule has 0 spiro atoms. The molecule has 2 aromatic rings. The topological polar surface area (TPSA) is 87.6 Å². The van der Waals surface area contributed by atoms with Gasteiger partial charge < -0.3 is 20.2 Å². The van der Waals surface area contributed by atoms with Gasteiger partial charge in [-0.3, -0.25) is 4.68 Å². The fourth-order valence-electron chi connectivity index (χ4n) is 3.59. The van der Waals surface area contributed by atoms with Crippen molar-refractivity contribution in [1.82, 2.24) is 20.4 Å². The highest BCUT2D eigenvalue weighted by Crippen LogP contribution is 2.23. The van der Waals surface area contributed by atoms with E-state index in [1.54, 1.807) is 24.1 Å². The number of aliphatic imine (C=N–C) groups is 1. The number of aliphatic hydroxyl groups is 1. The standard InChI is InChI=1S/C21H33N5O2/c1-21(27,18-14-25-26(2)15-18)16-24-20(22-11-10-19-9-6-12-28-19)23-13-17-7-4-3-5-8-17/h6,9,12,14-15,17,27H,3-5,7-8,10-11,13,16H2,1-2H3,(H2,22,23,24). The summed E-state index contributed by atoms with van der Waals surface area (Å²) in [5.41, 5.74) is -0.296. The number of furan rings is 1. The summed E-state index contributed by atoms with van der Waals surface area (Å²) in [6, 6.07) is 3.87. The number of hydrogen-bond donors (Lipinski definition) is 3. The fourth-order valence-corrected chi connectivity index (χ4v) is 3.59. The number of nitrogens with one attached hydrogen (secondary N) is 2. The molecule has 1 fully saturated rings. The summed E-state index contributed by atoms with van der Waals surface area (Å²) in [6.07, 6.45) is 12.5. The predicted molar refractivity (Wildman–Crippen MR) is 110 cm³/mol. The van der Waals surface area contributed by atoms with Gasteiger partial charge >= 0.3 is 0 Å². The molecule has 3 rings (SSSR count). The van der Waals surface area contributed by atoms with Crippen LogP contribution in [0.25, 0.3) is 0 Å². The van der Waals surface area contributed by atoms with Crippen LogP contribution in [-0.4, -0.2) is 40.5 Å². The van der Waals surface area contributed by atoms with E-state index in [1.165, 1.54) is 32.1 Å². The van der Waals surface area contributed by atoms with E-state index in [0.29, 0.717) is 5.92 Å². The Morgan fingerprint density at radius 1 is 1.36 bits per heavy atom. The Kier molecular flexibility index (Phi) is 7.14.